The number of hydrazone groups is 1. The van der Waals surface area contributed by atoms with Gasteiger partial charge >= 0.3 is 11.8 Å². The predicted molar refractivity (Wildman–Crippen MR) is 82.4 cm³/mol. The molecule has 2 rings (SSSR count). The van der Waals surface area contributed by atoms with Crippen LogP contribution in [-0.2, 0) is 14.3 Å². The third-order valence-electron chi connectivity index (χ3n) is 3.34. The summed E-state index contributed by atoms with van der Waals surface area (Å²) in [5, 5.41) is 16.0. The maximum atomic E-state index is 11.6. The molecule has 8 nitrogen and oxygen atoms in total. The van der Waals surface area contributed by atoms with Crippen molar-refractivity contribution in [3.8, 4) is 11.5 Å². The molecular weight excluding hydrogens is 302 g/mol. The van der Waals surface area contributed by atoms with E-state index in [1.807, 2.05) is 0 Å². The first-order valence-corrected chi connectivity index (χ1v) is 7.20. The van der Waals surface area contributed by atoms with Crippen LogP contribution in [0.5, 0.6) is 11.5 Å². The van der Waals surface area contributed by atoms with Crippen molar-refractivity contribution in [2.45, 2.75) is 18.9 Å². The molecule has 0 unspecified atom stereocenters. The van der Waals surface area contributed by atoms with E-state index in [0.717, 1.165) is 12.8 Å². The molecule has 1 atom stereocenters. The lowest BCUT2D eigenvalue weighted by Crippen LogP contribution is -2.41. The molecule has 1 aliphatic rings. The number of amides is 2. The number of nitrogens with one attached hydrogen (secondary N) is 2. The summed E-state index contributed by atoms with van der Waals surface area (Å²) >= 11 is 0. The Morgan fingerprint density at radius 3 is 3.00 bits per heavy atom. The lowest BCUT2D eigenvalue weighted by molar-refractivity contribution is -0.139. The van der Waals surface area contributed by atoms with Crippen LogP contribution >= 0.6 is 0 Å². The second-order valence-corrected chi connectivity index (χ2v) is 4.94. The summed E-state index contributed by atoms with van der Waals surface area (Å²) in [7, 11) is 1.43. The highest BCUT2D eigenvalue weighted by atomic mass is 16.5. The maximum absolute atomic E-state index is 11.6. The minimum absolute atomic E-state index is 0.0380. The molecule has 1 aliphatic heterocycles. The van der Waals surface area contributed by atoms with E-state index in [-0.39, 0.29) is 17.6 Å². The molecule has 2 amide bonds. The molecule has 1 aromatic rings. The van der Waals surface area contributed by atoms with Crippen molar-refractivity contribution in [1.29, 1.82) is 0 Å². The summed E-state index contributed by atoms with van der Waals surface area (Å²) in [6.07, 6.45) is 3.02. The van der Waals surface area contributed by atoms with E-state index in [1.165, 1.54) is 13.3 Å². The summed E-state index contributed by atoms with van der Waals surface area (Å²) in [5.74, 6) is -1.49. The first kappa shape index (κ1) is 16.8. The number of nitrogens with zero attached hydrogens (tertiary/aromatic N) is 1. The Hall–Kier alpha value is -2.61. The van der Waals surface area contributed by atoms with Gasteiger partial charge in [0.1, 0.15) is 0 Å². The van der Waals surface area contributed by atoms with E-state index in [4.69, 9.17) is 9.47 Å². The Morgan fingerprint density at radius 1 is 1.48 bits per heavy atom. The zero-order chi connectivity index (χ0) is 16.7. The molecule has 1 saturated heterocycles. The van der Waals surface area contributed by atoms with Crippen molar-refractivity contribution >= 4 is 18.0 Å². The number of aromatic hydroxyl groups is 1. The first-order valence-electron chi connectivity index (χ1n) is 7.20. The number of carbonyl (C=O) groups is 2. The zero-order valence-corrected chi connectivity index (χ0v) is 12.7. The van der Waals surface area contributed by atoms with Gasteiger partial charge in [-0.25, -0.2) is 5.43 Å². The normalized spacial score (nSPS) is 17.2. The lowest BCUT2D eigenvalue weighted by atomic mass is 10.2. The molecule has 0 bridgehead atoms. The van der Waals surface area contributed by atoms with Gasteiger partial charge in [0.15, 0.2) is 11.5 Å². The van der Waals surface area contributed by atoms with E-state index in [9.17, 15) is 14.7 Å². The molecule has 1 fully saturated rings. The highest BCUT2D eigenvalue weighted by Crippen LogP contribution is 2.27. The van der Waals surface area contributed by atoms with Gasteiger partial charge in [-0.15, -0.1) is 0 Å². The van der Waals surface area contributed by atoms with Gasteiger partial charge in [-0.3, -0.25) is 9.59 Å². The van der Waals surface area contributed by atoms with Crippen LogP contribution in [0.4, 0.5) is 0 Å². The number of phenols is 1. The Balaban J connectivity index is 1.82. The van der Waals surface area contributed by atoms with Gasteiger partial charge in [0, 0.05) is 18.7 Å². The van der Waals surface area contributed by atoms with Gasteiger partial charge in [0.2, 0.25) is 0 Å². The average Bonchev–Trinajstić information content (AvgIpc) is 3.07. The number of para-hydroxylation sites is 1. The summed E-state index contributed by atoms with van der Waals surface area (Å²) in [6.45, 7) is 0.980. The molecular formula is C15H19N3O5. The molecule has 3 N–H and O–H groups in total. The van der Waals surface area contributed by atoms with Crippen molar-refractivity contribution < 1.29 is 24.2 Å². The number of carbonyl (C=O) groups excluding carboxylic acids is 2. The Kier molecular flexibility index (Phi) is 5.93. The molecule has 0 aliphatic carbocycles. The second-order valence-electron chi connectivity index (χ2n) is 4.94. The van der Waals surface area contributed by atoms with Crippen LogP contribution in [-0.4, -0.2) is 49.5 Å². The topological polar surface area (TPSA) is 109 Å². The molecule has 1 aromatic carbocycles. The van der Waals surface area contributed by atoms with Gasteiger partial charge in [0.25, 0.3) is 0 Å². The highest BCUT2D eigenvalue weighted by Gasteiger charge is 2.18. The zero-order valence-electron chi connectivity index (χ0n) is 12.7. The summed E-state index contributed by atoms with van der Waals surface area (Å²) < 4.78 is 10.3. The van der Waals surface area contributed by atoms with Crippen molar-refractivity contribution in [3.63, 3.8) is 0 Å². The molecule has 8 heteroatoms. The second kappa shape index (κ2) is 8.14. The molecule has 1 heterocycles. The quantitative estimate of drug-likeness (QED) is 0.406. The SMILES string of the molecule is COc1cccc(/C=N\NC(=O)C(=O)NC[C@@H]2CCCO2)c1O. The largest absolute Gasteiger partial charge is 0.504 e. The Labute approximate surface area is 133 Å². The van der Waals surface area contributed by atoms with Crippen LogP contribution < -0.4 is 15.5 Å². The molecule has 0 saturated carbocycles. The van der Waals surface area contributed by atoms with Gasteiger partial charge in [-0.1, -0.05) is 6.07 Å². The minimum Gasteiger partial charge on any atom is -0.504 e. The van der Waals surface area contributed by atoms with E-state index in [2.05, 4.69) is 15.8 Å². The molecule has 0 aromatic heterocycles. The third-order valence-corrected chi connectivity index (χ3v) is 3.34. The fourth-order valence-electron chi connectivity index (χ4n) is 2.11. The predicted octanol–water partition coefficient (Wildman–Crippen LogP) is 0.146. The smallest absolute Gasteiger partial charge is 0.329 e. The van der Waals surface area contributed by atoms with Crippen LogP contribution in [0.2, 0.25) is 0 Å². The summed E-state index contributed by atoms with van der Waals surface area (Å²) in [5.41, 5.74) is 2.45. The van der Waals surface area contributed by atoms with Gasteiger partial charge < -0.3 is 19.9 Å². The number of hydrogen-bond donors (Lipinski definition) is 3. The van der Waals surface area contributed by atoms with E-state index in [1.54, 1.807) is 18.2 Å². The highest BCUT2D eigenvalue weighted by molar-refractivity contribution is 6.35. The van der Waals surface area contributed by atoms with Crippen molar-refractivity contribution in [3.05, 3.63) is 23.8 Å². The van der Waals surface area contributed by atoms with E-state index in [0.29, 0.717) is 18.7 Å². The molecule has 0 spiro atoms. The van der Waals surface area contributed by atoms with Crippen LogP contribution in [0, 0.1) is 0 Å². The number of hydrogen-bond acceptors (Lipinski definition) is 6. The number of ether oxygens (including phenoxy) is 2. The van der Waals surface area contributed by atoms with Crippen LogP contribution in [0.15, 0.2) is 23.3 Å². The third kappa shape index (κ3) is 4.68. The molecule has 0 radical (unpaired) electrons. The Bertz CT molecular complexity index is 597. The monoisotopic (exact) mass is 321 g/mol. The fourth-order valence-corrected chi connectivity index (χ4v) is 2.11. The first-order chi connectivity index (χ1) is 11.1. The van der Waals surface area contributed by atoms with Crippen LogP contribution in [0.3, 0.4) is 0 Å². The van der Waals surface area contributed by atoms with E-state index >= 15 is 0 Å². The van der Waals surface area contributed by atoms with Crippen molar-refractivity contribution in [2.24, 2.45) is 5.10 Å². The maximum Gasteiger partial charge on any atom is 0.329 e. The summed E-state index contributed by atoms with van der Waals surface area (Å²) in [4.78, 5) is 23.2. The van der Waals surface area contributed by atoms with Crippen LogP contribution in [0.25, 0.3) is 0 Å². The van der Waals surface area contributed by atoms with Crippen LogP contribution in [0.1, 0.15) is 18.4 Å². The fraction of sp³-hybridized carbons (Fsp3) is 0.400. The minimum atomic E-state index is -0.887. The molecule has 124 valence electrons. The van der Waals surface area contributed by atoms with Gasteiger partial charge in [-0.2, -0.15) is 5.10 Å². The van der Waals surface area contributed by atoms with Gasteiger partial charge in [0.05, 0.1) is 19.4 Å². The number of benzene rings is 1. The van der Waals surface area contributed by atoms with Crippen molar-refractivity contribution in [1.82, 2.24) is 10.7 Å². The Morgan fingerprint density at radius 2 is 2.30 bits per heavy atom. The lowest BCUT2D eigenvalue weighted by Gasteiger charge is -2.09. The number of phenolic OH excluding ortho intramolecular Hbond substituents is 1. The molecule has 23 heavy (non-hydrogen) atoms. The van der Waals surface area contributed by atoms with Crippen molar-refractivity contribution in [2.75, 3.05) is 20.3 Å². The average molecular weight is 321 g/mol. The standard InChI is InChI=1S/C15H19N3O5/c1-22-12-6-2-4-10(13(12)19)8-17-18-15(21)14(20)16-9-11-5-3-7-23-11/h2,4,6,8,11,19H,3,5,7,9H2,1H3,(H,16,20)(H,18,21)/b17-8-/t11-/m0/s1. The number of methoxy groups -OCH3 is 1. The number of rotatable bonds is 5. The summed E-state index contributed by atoms with van der Waals surface area (Å²) in [6, 6.07) is 4.84. The van der Waals surface area contributed by atoms with Gasteiger partial charge in [-0.05, 0) is 25.0 Å². The van der Waals surface area contributed by atoms with E-state index < -0.39 is 11.8 Å².